The van der Waals surface area contributed by atoms with Crippen LogP contribution in [-0.2, 0) is 4.79 Å². The molecule has 2 aromatic rings. The molecule has 0 aromatic heterocycles. The molecule has 0 radical (unpaired) electrons. The van der Waals surface area contributed by atoms with Gasteiger partial charge in [-0.05, 0) is 37.8 Å². The lowest BCUT2D eigenvalue weighted by atomic mass is 9.94. The van der Waals surface area contributed by atoms with Gasteiger partial charge in [0.1, 0.15) is 5.75 Å². The SMILES string of the molecule is Cc1cccc([C@@H]2C[C@@H]2C(=O)N[C@H](C)[C@H]2COc3ccccc32)c1. The summed E-state index contributed by atoms with van der Waals surface area (Å²) in [5.41, 5.74) is 3.75. The van der Waals surface area contributed by atoms with Gasteiger partial charge in [0.25, 0.3) is 0 Å². The number of carbonyl (C=O) groups excluding carboxylic acids is 1. The fourth-order valence-electron chi connectivity index (χ4n) is 3.79. The quantitative estimate of drug-likeness (QED) is 0.930. The number of hydrogen-bond acceptors (Lipinski definition) is 2. The fourth-order valence-corrected chi connectivity index (χ4v) is 3.79. The summed E-state index contributed by atoms with van der Waals surface area (Å²) < 4.78 is 5.74. The van der Waals surface area contributed by atoms with E-state index in [0.717, 1.165) is 12.2 Å². The molecule has 2 aromatic carbocycles. The highest BCUT2D eigenvalue weighted by Crippen LogP contribution is 2.48. The monoisotopic (exact) mass is 321 g/mol. The maximum absolute atomic E-state index is 12.6. The van der Waals surface area contributed by atoms with Crippen LogP contribution >= 0.6 is 0 Å². The summed E-state index contributed by atoms with van der Waals surface area (Å²) in [6.07, 6.45) is 0.958. The molecule has 4 atom stereocenters. The van der Waals surface area contributed by atoms with Crippen molar-refractivity contribution in [1.29, 1.82) is 0 Å². The number of rotatable bonds is 4. The van der Waals surface area contributed by atoms with Crippen LogP contribution in [-0.4, -0.2) is 18.6 Å². The second-order valence-corrected chi connectivity index (χ2v) is 7.12. The van der Waals surface area contributed by atoms with Gasteiger partial charge in [-0.25, -0.2) is 0 Å². The molecule has 3 nitrogen and oxygen atoms in total. The van der Waals surface area contributed by atoms with Crippen molar-refractivity contribution in [3.63, 3.8) is 0 Å². The van der Waals surface area contributed by atoms with E-state index in [1.165, 1.54) is 16.7 Å². The number of para-hydroxylation sites is 1. The zero-order chi connectivity index (χ0) is 16.7. The Labute approximate surface area is 143 Å². The van der Waals surface area contributed by atoms with Gasteiger partial charge >= 0.3 is 0 Å². The summed E-state index contributed by atoms with van der Waals surface area (Å²) in [4.78, 5) is 12.6. The molecule has 1 aliphatic heterocycles. The van der Waals surface area contributed by atoms with Crippen LogP contribution in [0.1, 0.15) is 41.9 Å². The van der Waals surface area contributed by atoms with Gasteiger partial charge in [0.2, 0.25) is 5.91 Å². The van der Waals surface area contributed by atoms with Crippen LogP contribution in [0.5, 0.6) is 5.75 Å². The zero-order valence-corrected chi connectivity index (χ0v) is 14.2. The van der Waals surface area contributed by atoms with Crippen LogP contribution in [0.4, 0.5) is 0 Å². The predicted molar refractivity (Wildman–Crippen MR) is 94.3 cm³/mol. The summed E-state index contributed by atoms with van der Waals surface area (Å²) in [5.74, 6) is 1.86. The number of amides is 1. The van der Waals surface area contributed by atoms with Crippen LogP contribution < -0.4 is 10.1 Å². The van der Waals surface area contributed by atoms with E-state index in [-0.39, 0.29) is 23.8 Å². The normalized spacial score (nSPS) is 25.5. The van der Waals surface area contributed by atoms with Crippen LogP contribution in [0.15, 0.2) is 48.5 Å². The average molecular weight is 321 g/mol. The molecule has 0 saturated heterocycles. The first-order valence-electron chi connectivity index (χ1n) is 8.72. The highest BCUT2D eigenvalue weighted by molar-refractivity contribution is 5.83. The fraction of sp³-hybridized carbons (Fsp3) is 0.381. The van der Waals surface area contributed by atoms with Gasteiger partial charge < -0.3 is 10.1 Å². The van der Waals surface area contributed by atoms with Crippen LogP contribution in [0.25, 0.3) is 0 Å². The smallest absolute Gasteiger partial charge is 0.223 e. The van der Waals surface area contributed by atoms with Crippen molar-refractivity contribution in [2.45, 2.75) is 38.1 Å². The molecule has 1 amide bonds. The standard InChI is InChI=1S/C21H23NO2/c1-13-6-5-7-15(10-13)17-11-18(17)21(23)22-14(2)19-12-24-20-9-4-3-8-16(19)20/h3-10,14,17-19H,11-12H2,1-2H3,(H,22,23)/t14-,17+,18+,19-/m1/s1. The minimum Gasteiger partial charge on any atom is -0.493 e. The summed E-state index contributed by atoms with van der Waals surface area (Å²) in [6, 6.07) is 16.7. The Hall–Kier alpha value is -2.29. The van der Waals surface area contributed by atoms with Crippen molar-refractivity contribution in [2.24, 2.45) is 5.92 Å². The average Bonchev–Trinajstić information content (AvgIpc) is 3.27. The summed E-state index contributed by atoms with van der Waals surface area (Å²) in [7, 11) is 0. The molecule has 1 heterocycles. The largest absolute Gasteiger partial charge is 0.493 e. The van der Waals surface area contributed by atoms with Crippen molar-refractivity contribution in [3.8, 4) is 5.75 Å². The van der Waals surface area contributed by atoms with E-state index >= 15 is 0 Å². The Kier molecular flexibility index (Phi) is 3.79. The number of carbonyl (C=O) groups is 1. The Morgan fingerprint density at radius 3 is 2.88 bits per heavy atom. The minimum atomic E-state index is 0.0832. The van der Waals surface area contributed by atoms with Crippen LogP contribution in [0.3, 0.4) is 0 Å². The third-order valence-electron chi connectivity index (χ3n) is 5.31. The van der Waals surface area contributed by atoms with E-state index in [2.05, 4.69) is 49.5 Å². The van der Waals surface area contributed by atoms with Crippen molar-refractivity contribution in [1.82, 2.24) is 5.32 Å². The molecule has 4 rings (SSSR count). The molecule has 0 unspecified atom stereocenters. The van der Waals surface area contributed by atoms with Crippen molar-refractivity contribution in [3.05, 3.63) is 65.2 Å². The Morgan fingerprint density at radius 2 is 2.04 bits per heavy atom. The number of aryl methyl sites for hydroxylation is 1. The van der Waals surface area contributed by atoms with Crippen LogP contribution in [0, 0.1) is 12.8 Å². The van der Waals surface area contributed by atoms with Gasteiger partial charge in [0.05, 0.1) is 6.61 Å². The van der Waals surface area contributed by atoms with Crippen molar-refractivity contribution in [2.75, 3.05) is 6.61 Å². The molecule has 1 fully saturated rings. The predicted octanol–water partition coefficient (Wildman–Crippen LogP) is 3.78. The molecule has 1 saturated carbocycles. The highest BCUT2D eigenvalue weighted by atomic mass is 16.5. The van der Waals surface area contributed by atoms with E-state index in [9.17, 15) is 4.79 Å². The highest BCUT2D eigenvalue weighted by Gasteiger charge is 2.44. The second kappa shape index (κ2) is 5.97. The van der Waals surface area contributed by atoms with Gasteiger partial charge in [-0.1, -0.05) is 48.0 Å². The first kappa shape index (κ1) is 15.3. The maximum atomic E-state index is 12.6. The Balaban J connectivity index is 1.39. The van der Waals surface area contributed by atoms with E-state index in [4.69, 9.17) is 4.74 Å². The van der Waals surface area contributed by atoms with E-state index in [1.807, 2.05) is 18.2 Å². The van der Waals surface area contributed by atoms with Crippen molar-refractivity contribution < 1.29 is 9.53 Å². The maximum Gasteiger partial charge on any atom is 0.223 e. The summed E-state index contributed by atoms with van der Waals surface area (Å²) in [6.45, 7) is 4.82. The van der Waals surface area contributed by atoms with Gasteiger partial charge in [0.15, 0.2) is 0 Å². The third kappa shape index (κ3) is 2.79. The first-order chi connectivity index (χ1) is 11.6. The summed E-state index contributed by atoms with van der Waals surface area (Å²) in [5, 5.41) is 3.22. The number of nitrogens with one attached hydrogen (secondary N) is 1. The molecular weight excluding hydrogens is 298 g/mol. The lowest BCUT2D eigenvalue weighted by Gasteiger charge is -2.20. The molecular formula is C21H23NO2. The molecule has 1 N–H and O–H groups in total. The van der Waals surface area contributed by atoms with E-state index < -0.39 is 0 Å². The molecule has 24 heavy (non-hydrogen) atoms. The lowest BCUT2D eigenvalue weighted by molar-refractivity contribution is -0.123. The number of benzene rings is 2. The molecule has 1 aliphatic carbocycles. The van der Waals surface area contributed by atoms with Crippen LogP contribution in [0.2, 0.25) is 0 Å². The van der Waals surface area contributed by atoms with Gasteiger partial charge in [-0.3, -0.25) is 4.79 Å². The topological polar surface area (TPSA) is 38.3 Å². The molecule has 3 heteroatoms. The Morgan fingerprint density at radius 1 is 1.21 bits per heavy atom. The number of hydrogen-bond donors (Lipinski definition) is 1. The van der Waals surface area contributed by atoms with Gasteiger partial charge in [-0.15, -0.1) is 0 Å². The molecule has 124 valence electrons. The first-order valence-corrected chi connectivity index (χ1v) is 8.72. The minimum absolute atomic E-state index is 0.0832. The molecule has 0 bridgehead atoms. The number of fused-ring (bicyclic) bond motifs is 1. The van der Waals surface area contributed by atoms with E-state index in [1.54, 1.807) is 0 Å². The molecule has 2 aliphatic rings. The third-order valence-corrected chi connectivity index (χ3v) is 5.31. The van der Waals surface area contributed by atoms with E-state index in [0.29, 0.717) is 12.5 Å². The summed E-state index contributed by atoms with van der Waals surface area (Å²) >= 11 is 0. The molecule has 0 spiro atoms. The number of ether oxygens (including phenoxy) is 1. The van der Waals surface area contributed by atoms with Gasteiger partial charge in [-0.2, -0.15) is 0 Å². The lowest BCUT2D eigenvalue weighted by Crippen LogP contribution is -2.38. The zero-order valence-electron chi connectivity index (χ0n) is 14.2. The van der Waals surface area contributed by atoms with Crippen molar-refractivity contribution >= 4 is 5.91 Å². The van der Waals surface area contributed by atoms with Gasteiger partial charge in [0, 0.05) is 23.4 Å². The Bertz CT molecular complexity index is 770. The second-order valence-electron chi connectivity index (χ2n) is 7.12.